The lowest BCUT2D eigenvalue weighted by molar-refractivity contribution is -0.142. The molecular formula is C29H35FN2O5. The van der Waals surface area contributed by atoms with Crippen LogP contribution in [-0.4, -0.2) is 53.6 Å². The van der Waals surface area contributed by atoms with Crippen molar-refractivity contribution in [3.8, 4) is 22.6 Å². The Morgan fingerprint density at radius 1 is 1.08 bits per heavy atom. The lowest BCUT2D eigenvalue weighted by Crippen LogP contribution is -2.61. The average Bonchev–Trinajstić information content (AvgIpc) is 3.32. The zero-order valence-corrected chi connectivity index (χ0v) is 21.5. The van der Waals surface area contributed by atoms with Gasteiger partial charge in [-0.05, 0) is 63.3 Å². The number of aliphatic carboxylic acids is 1. The molecule has 2 aliphatic heterocycles. The van der Waals surface area contributed by atoms with E-state index in [-0.39, 0.29) is 17.3 Å². The highest BCUT2D eigenvalue weighted by Crippen LogP contribution is 2.44. The first kappa shape index (κ1) is 25.5. The van der Waals surface area contributed by atoms with E-state index in [1.54, 1.807) is 12.1 Å². The molecule has 0 aromatic heterocycles. The first-order valence-corrected chi connectivity index (χ1v) is 13.3. The molecule has 0 radical (unpaired) electrons. The first-order valence-electron chi connectivity index (χ1n) is 13.3. The number of carboxylic acids is 1. The van der Waals surface area contributed by atoms with Crippen LogP contribution in [0.15, 0.2) is 41.6 Å². The van der Waals surface area contributed by atoms with Crippen LogP contribution < -0.4 is 9.47 Å². The van der Waals surface area contributed by atoms with Crippen molar-refractivity contribution in [2.45, 2.75) is 58.1 Å². The summed E-state index contributed by atoms with van der Waals surface area (Å²) in [4.78, 5) is 19.6. The van der Waals surface area contributed by atoms with Crippen LogP contribution in [0.4, 0.5) is 4.39 Å². The van der Waals surface area contributed by atoms with Crippen molar-refractivity contribution in [1.29, 1.82) is 0 Å². The van der Waals surface area contributed by atoms with Crippen LogP contribution >= 0.6 is 0 Å². The lowest BCUT2D eigenvalue weighted by atomic mass is 9.76. The average molecular weight is 511 g/mol. The number of ether oxygens (including phenoxy) is 2. The minimum atomic E-state index is -0.683. The molecule has 2 aromatic rings. The first-order chi connectivity index (χ1) is 17.9. The Hall–Kier alpha value is -3.13. The molecule has 0 amide bonds. The number of halogens is 1. The SMILES string of the molecule is CCOc1ccc(CN2CC3(CC([C@H]4CC[C@H](C(=O)O)CC4)=NO3)C2)c(OCC)c1-c1ccc(F)cc1. The van der Waals surface area contributed by atoms with E-state index >= 15 is 0 Å². The minimum absolute atomic E-state index is 0.222. The number of carboxylic acid groups (broad SMARTS) is 1. The zero-order valence-electron chi connectivity index (χ0n) is 21.5. The second kappa shape index (κ2) is 10.7. The molecule has 7 nitrogen and oxygen atoms in total. The number of hydrogen-bond acceptors (Lipinski definition) is 6. The van der Waals surface area contributed by atoms with Gasteiger partial charge in [0, 0.05) is 37.5 Å². The fourth-order valence-electron chi connectivity index (χ4n) is 5.94. The van der Waals surface area contributed by atoms with Crippen LogP contribution in [-0.2, 0) is 16.2 Å². The highest BCUT2D eigenvalue weighted by Gasteiger charge is 2.51. The number of carbonyl (C=O) groups is 1. The fourth-order valence-corrected chi connectivity index (χ4v) is 5.94. The smallest absolute Gasteiger partial charge is 0.306 e. The number of likely N-dealkylation sites (tertiary alicyclic amines) is 1. The third-order valence-corrected chi connectivity index (χ3v) is 7.75. The van der Waals surface area contributed by atoms with E-state index in [1.807, 2.05) is 26.0 Å². The van der Waals surface area contributed by atoms with Gasteiger partial charge in [0.15, 0.2) is 5.60 Å². The van der Waals surface area contributed by atoms with Crippen molar-refractivity contribution in [3.05, 3.63) is 47.8 Å². The summed E-state index contributed by atoms with van der Waals surface area (Å²) in [5.74, 6) is 0.627. The molecule has 1 saturated heterocycles. The molecule has 8 heteroatoms. The third kappa shape index (κ3) is 5.30. The second-order valence-corrected chi connectivity index (χ2v) is 10.4. The van der Waals surface area contributed by atoms with Gasteiger partial charge >= 0.3 is 5.97 Å². The van der Waals surface area contributed by atoms with Gasteiger partial charge in [0.05, 0.1) is 30.4 Å². The fraction of sp³-hybridized carbons (Fsp3) is 0.517. The molecule has 1 aliphatic carbocycles. The van der Waals surface area contributed by atoms with Gasteiger partial charge in [-0.25, -0.2) is 4.39 Å². The van der Waals surface area contributed by atoms with Gasteiger partial charge in [-0.2, -0.15) is 0 Å². The predicted molar refractivity (Wildman–Crippen MR) is 138 cm³/mol. The molecule has 37 heavy (non-hydrogen) atoms. The Balaban J connectivity index is 1.27. The largest absolute Gasteiger partial charge is 0.493 e. The van der Waals surface area contributed by atoms with Crippen LogP contribution in [0.1, 0.15) is 51.5 Å². The van der Waals surface area contributed by atoms with Gasteiger partial charge in [-0.1, -0.05) is 23.4 Å². The molecule has 5 rings (SSSR count). The Kier molecular flexibility index (Phi) is 7.38. The van der Waals surface area contributed by atoms with Crippen LogP contribution in [0.25, 0.3) is 11.1 Å². The summed E-state index contributed by atoms with van der Waals surface area (Å²) in [5.41, 5.74) is 3.56. The number of benzene rings is 2. The minimum Gasteiger partial charge on any atom is -0.493 e. The lowest BCUT2D eigenvalue weighted by Gasteiger charge is -2.45. The van der Waals surface area contributed by atoms with Gasteiger partial charge in [0.2, 0.25) is 0 Å². The molecule has 2 fully saturated rings. The summed E-state index contributed by atoms with van der Waals surface area (Å²) in [6.45, 7) is 7.16. The molecule has 2 aromatic carbocycles. The number of hydrogen-bond donors (Lipinski definition) is 1. The molecular weight excluding hydrogens is 475 g/mol. The maximum atomic E-state index is 13.6. The molecule has 1 saturated carbocycles. The van der Waals surface area contributed by atoms with E-state index in [0.29, 0.717) is 38.5 Å². The van der Waals surface area contributed by atoms with Crippen molar-refractivity contribution in [2.24, 2.45) is 17.0 Å². The van der Waals surface area contributed by atoms with Crippen molar-refractivity contribution < 1.29 is 28.6 Å². The van der Waals surface area contributed by atoms with Crippen LogP contribution in [0, 0.1) is 17.7 Å². The van der Waals surface area contributed by atoms with Gasteiger partial charge in [0.25, 0.3) is 0 Å². The summed E-state index contributed by atoms with van der Waals surface area (Å²) in [6, 6.07) is 10.4. The maximum Gasteiger partial charge on any atom is 0.306 e. The Morgan fingerprint density at radius 2 is 1.78 bits per heavy atom. The van der Waals surface area contributed by atoms with Crippen LogP contribution in [0.3, 0.4) is 0 Å². The standard InChI is InChI=1S/C29H35FN2O5/c1-3-35-25-14-11-22(27(36-4-2)26(25)20-9-12-23(30)13-10-20)16-32-17-29(18-32)15-24(31-37-29)19-5-7-21(8-6-19)28(33)34/h9-14,19,21H,3-8,15-18H2,1-2H3,(H,33,34)/t19-,21-. The molecule has 0 bridgehead atoms. The Morgan fingerprint density at radius 3 is 2.43 bits per heavy atom. The monoisotopic (exact) mass is 510 g/mol. The zero-order chi connectivity index (χ0) is 26.0. The number of nitrogens with zero attached hydrogens (tertiary/aromatic N) is 2. The summed E-state index contributed by atoms with van der Waals surface area (Å²) in [5, 5.41) is 13.7. The van der Waals surface area contributed by atoms with Crippen molar-refractivity contribution in [1.82, 2.24) is 4.90 Å². The summed E-state index contributed by atoms with van der Waals surface area (Å²) in [6.07, 6.45) is 3.98. The number of oxime groups is 1. The maximum absolute atomic E-state index is 13.6. The Labute approximate surface area is 217 Å². The third-order valence-electron chi connectivity index (χ3n) is 7.75. The molecule has 1 N–H and O–H groups in total. The topological polar surface area (TPSA) is 80.6 Å². The molecule has 0 unspecified atom stereocenters. The molecule has 2 heterocycles. The highest BCUT2D eigenvalue weighted by atomic mass is 19.1. The normalized spacial score (nSPS) is 22.7. The van der Waals surface area contributed by atoms with Crippen molar-refractivity contribution in [2.75, 3.05) is 26.3 Å². The van der Waals surface area contributed by atoms with Gasteiger partial charge in [0.1, 0.15) is 17.3 Å². The van der Waals surface area contributed by atoms with Gasteiger partial charge in [-0.3, -0.25) is 9.69 Å². The summed E-state index contributed by atoms with van der Waals surface area (Å²) >= 11 is 0. The van der Waals surface area contributed by atoms with E-state index in [9.17, 15) is 14.3 Å². The quantitative estimate of drug-likeness (QED) is 0.479. The van der Waals surface area contributed by atoms with E-state index in [1.165, 1.54) is 12.1 Å². The molecule has 3 aliphatic rings. The summed E-state index contributed by atoms with van der Waals surface area (Å²) < 4.78 is 25.7. The van der Waals surface area contributed by atoms with E-state index in [0.717, 1.165) is 66.3 Å². The molecule has 0 atom stereocenters. The number of rotatable bonds is 9. The second-order valence-electron chi connectivity index (χ2n) is 10.4. The molecule has 198 valence electrons. The predicted octanol–water partition coefficient (Wildman–Crippen LogP) is 5.51. The highest BCUT2D eigenvalue weighted by molar-refractivity contribution is 5.89. The van der Waals surface area contributed by atoms with Crippen molar-refractivity contribution in [3.63, 3.8) is 0 Å². The summed E-state index contributed by atoms with van der Waals surface area (Å²) in [7, 11) is 0. The Bertz CT molecular complexity index is 1150. The molecule has 1 spiro atoms. The van der Waals surface area contributed by atoms with E-state index in [4.69, 9.17) is 14.3 Å². The van der Waals surface area contributed by atoms with Gasteiger partial charge in [-0.15, -0.1) is 0 Å². The van der Waals surface area contributed by atoms with Crippen LogP contribution in [0.2, 0.25) is 0 Å². The van der Waals surface area contributed by atoms with E-state index < -0.39 is 5.97 Å². The van der Waals surface area contributed by atoms with Gasteiger partial charge < -0.3 is 19.4 Å². The van der Waals surface area contributed by atoms with E-state index in [2.05, 4.69) is 10.1 Å². The van der Waals surface area contributed by atoms with Crippen molar-refractivity contribution >= 4 is 11.7 Å². The van der Waals surface area contributed by atoms with Crippen LogP contribution in [0.5, 0.6) is 11.5 Å².